The van der Waals surface area contributed by atoms with Gasteiger partial charge in [0.15, 0.2) is 0 Å². The van der Waals surface area contributed by atoms with Gasteiger partial charge in [-0.25, -0.2) is 0 Å². The minimum atomic E-state index is 0.0620. The third-order valence-electron chi connectivity index (χ3n) is 4.41. The molecule has 3 N–H and O–H groups in total. The number of thiophene rings is 1. The monoisotopic (exact) mass is 329 g/mol. The number of benzene rings is 1. The van der Waals surface area contributed by atoms with Crippen molar-refractivity contribution in [3.8, 4) is 0 Å². The smallest absolute Gasteiger partial charge is 0.224 e. The highest BCUT2D eigenvalue weighted by Gasteiger charge is 2.17. The summed E-state index contributed by atoms with van der Waals surface area (Å²) in [5.74, 6) is 0.0620. The number of carbonyl (C=O) groups is 1. The van der Waals surface area contributed by atoms with E-state index in [0.29, 0.717) is 12.1 Å². The highest BCUT2D eigenvalue weighted by Crippen LogP contribution is 2.24. The van der Waals surface area contributed by atoms with Gasteiger partial charge in [0.25, 0.3) is 0 Å². The van der Waals surface area contributed by atoms with Crippen molar-refractivity contribution < 1.29 is 4.79 Å². The summed E-state index contributed by atoms with van der Waals surface area (Å²) in [6.45, 7) is 5.02. The lowest BCUT2D eigenvalue weighted by molar-refractivity contribution is -0.116. The second kappa shape index (κ2) is 7.15. The van der Waals surface area contributed by atoms with Crippen LogP contribution in [0, 0.1) is 6.92 Å². The number of nitrogens with two attached hydrogens (primary N) is 1. The number of fused-ring (bicyclic) bond motifs is 1. The molecule has 2 aromatic rings. The van der Waals surface area contributed by atoms with Crippen molar-refractivity contribution in [1.82, 2.24) is 4.90 Å². The van der Waals surface area contributed by atoms with Gasteiger partial charge in [-0.3, -0.25) is 9.69 Å². The van der Waals surface area contributed by atoms with Crippen LogP contribution in [0.25, 0.3) is 0 Å². The Morgan fingerprint density at radius 3 is 3.13 bits per heavy atom. The highest BCUT2D eigenvalue weighted by molar-refractivity contribution is 7.10. The topological polar surface area (TPSA) is 58.4 Å². The molecule has 4 nitrogen and oxygen atoms in total. The number of hydrogen-bond acceptors (Lipinski definition) is 4. The van der Waals surface area contributed by atoms with Gasteiger partial charge >= 0.3 is 0 Å². The molecule has 1 aromatic heterocycles. The van der Waals surface area contributed by atoms with E-state index in [4.69, 9.17) is 5.73 Å². The first-order valence-corrected chi connectivity index (χ1v) is 8.94. The van der Waals surface area contributed by atoms with Gasteiger partial charge < -0.3 is 11.1 Å². The molecule has 122 valence electrons. The van der Waals surface area contributed by atoms with Gasteiger partial charge in [0.05, 0.1) is 0 Å². The van der Waals surface area contributed by atoms with E-state index in [-0.39, 0.29) is 5.91 Å². The molecule has 0 radical (unpaired) electrons. The van der Waals surface area contributed by atoms with Crippen LogP contribution in [0.4, 0.5) is 11.4 Å². The van der Waals surface area contributed by atoms with E-state index < -0.39 is 0 Å². The number of nitrogen functional groups attached to an aromatic ring is 1. The molecule has 2 heterocycles. The van der Waals surface area contributed by atoms with Gasteiger partial charge in [-0.2, -0.15) is 0 Å². The van der Waals surface area contributed by atoms with Crippen LogP contribution in [-0.4, -0.2) is 23.9 Å². The highest BCUT2D eigenvalue weighted by atomic mass is 32.1. The Morgan fingerprint density at radius 1 is 1.39 bits per heavy atom. The van der Waals surface area contributed by atoms with Crippen LogP contribution in [0.5, 0.6) is 0 Å². The standard InChI is InChI=1S/C18H23N3OS/c1-13-15(19)4-2-5-16(13)20-18(22)6-3-9-21-10-7-17-14(12-21)8-11-23-17/h2,4-5,8,11H,3,6-7,9-10,12,19H2,1H3,(H,20,22). The van der Waals surface area contributed by atoms with Crippen LogP contribution in [-0.2, 0) is 17.8 Å². The average molecular weight is 329 g/mol. The summed E-state index contributed by atoms with van der Waals surface area (Å²) in [4.78, 5) is 16.1. The average Bonchev–Trinajstić information content (AvgIpc) is 2.99. The second-order valence-corrected chi connectivity index (χ2v) is 7.07. The predicted molar refractivity (Wildman–Crippen MR) is 96.8 cm³/mol. The number of amides is 1. The fourth-order valence-electron chi connectivity index (χ4n) is 2.96. The minimum Gasteiger partial charge on any atom is -0.398 e. The maximum absolute atomic E-state index is 12.1. The van der Waals surface area contributed by atoms with Crippen molar-refractivity contribution in [2.45, 2.75) is 32.7 Å². The number of nitrogens with one attached hydrogen (secondary N) is 1. The Kier molecular flexibility index (Phi) is 4.98. The Hall–Kier alpha value is -1.85. The van der Waals surface area contributed by atoms with E-state index in [1.165, 1.54) is 10.4 Å². The van der Waals surface area contributed by atoms with Crippen LogP contribution in [0.15, 0.2) is 29.6 Å². The lowest BCUT2D eigenvalue weighted by Crippen LogP contribution is -2.31. The first kappa shape index (κ1) is 16.0. The van der Waals surface area contributed by atoms with E-state index in [2.05, 4.69) is 21.7 Å². The summed E-state index contributed by atoms with van der Waals surface area (Å²) in [5, 5.41) is 5.14. The van der Waals surface area contributed by atoms with Crippen molar-refractivity contribution in [2.24, 2.45) is 0 Å². The number of hydrogen-bond donors (Lipinski definition) is 2. The Morgan fingerprint density at radius 2 is 2.26 bits per heavy atom. The van der Waals surface area contributed by atoms with Crippen molar-refractivity contribution >= 4 is 28.6 Å². The van der Waals surface area contributed by atoms with Crippen LogP contribution in [0.1, 0.15) is 28.8 Å². The molecular formula is C18H23N3OS. The Balaban J connectivity index is 1.44. The molecule has 1 aliphatic rings. The van der Waals surface area contributed by atoms with Crippen LogP contribution < -0.4 is 11.1 Å². The normalized spacial score (nSPS) is 14.5. The largest absolute Gasteiger partial charge is 0.398 e. The lowest BCUT2D eigenvalue weighted by atomic mass is 10.1. The lowest BCUT2D eigenvalue weighted by Gasteiger charge is -2.26. The third-order valence-corrected chi connectivity index (χ3v) is 5.44. The zero-order chi connectivity index (χ0) is 16.2. The Labute approximate surface area is 141 Å². The van der Waals surface area contributed by atoms with E-state index in [1.54, 1.807) is 0 Å². The van der Waals surface area contributed by atoms with Gasteiger partial charge in [0.1, 0.15) is 0 Å². The zero-order valence-corrected chi connectivity index (χ0v) is 14.3. The molecule has 23 heavy (non-hydrogen) atoms. The maximum Gasteiger partial charge on any atom is 0.224 e. The third kappa shape index (κ3) is 3.92. The maximum atomic E-state index is 12.1. The summed E-state index contributed by atoms with van der Waals surface area (Å²) in [6, 6.07) is 7.83. The summed E-state index contributed by atoms with van der Waals surface area (Å²) in [5.41, 5.74) is 9.79. The molecule has 0 fully saturated rings. The minimum absolute atomic E-state index is 0.0620. The number of carbonyl (C=O) groups excluding carboxylic acids is 1. The van der Waals surface area contributed by atoms with Gasteiger partial charge in [-0.05, 0) is 61.0 Å². The summed E-state index contributed by atoms with van der Waals surface area (Å²) in [7, 11) is 0. The molecular weight excluding hydrogens is 306 g/mol. The van der Waals surface area contributed by atoms with Gasteiger partial charge in [-0.15, -0.1) is 11.3 Å². The zero-order valence-electron chi connectivity index (χ0n) is 13.5. The van der Waals surface area contributed by atoms with Gasteiger partial charge in [-0.1, -0.05) is 6.07 Å². The molecule has 0 unspecified atom stereocenters. The number of rotatable bonds is 5. The number of anilines is 2. The van der Waals surface area contributed by atoms with Crippen LogP contribution >= 0.6 is 11.3 Å². The molecule has 1 aromatic carbocycles. The Bertz CT molecular complexity index is 695. The van der Waals surface area contributed by atoms with Crippen LogP contribution in [0.2, 0.25) is 0 Å². The molecule has 5 heteroatoms. The molecule has 0 saturated carbocycles. The van der Waals surface area contributed by atoms with E-state index in [9.17, 15) is 4.79 Å². The summed E-state index contributed by atoms with van der Waals surface area (Å²) < 4.78 is 0. The summed E-state index contributed by atoms with van der Waals surface area (Å²) >= 11 is 1.86. The van der Waals surface area contributed by atoms with Crippen molar-refractivity contribution in [2.75, 3.05) is 24.1 Å². The first-order chi connectivity index (χ1) is 11.1. The SMILES string of the molecule is Cc1c(N)cccc1NC(=O)CCCN1CCc2sccc2C1. The molecule has 0 bridgehead atoms. The fraction of sp³-hybridized carbons (Fsp3) is 0.389. The van der Waals surface area contributed by atoms with Crippen molar-refractivity contribution in [1.29, 1.82) is 0 Å². The molecule has 0 saturated heterocycles. The molecule has 3 rings (SSSR count). The molecule has 0 aliphatic carbocycles. The van der Waals surface area contributed by atoms with Crippen molar-refractivity contribution in [3.63, 3.8) is 0 Å². The van der Waals surface area contributed by atoms with Crippen LogP contribution in [0.3, 0.4) is 0 Å². The molecule has 1 aliphatic heterocycles. The fourth-order valence-corrected chi connectivity index (χ4v) is 3.85. The van der Waals surface area contributed by atoms with E-state index in [1.807, 2.05) is 36.5 Å². The first-order valence-electron chi connectivity index (χ1n) is 8.06. The van der Waals surface area contributed by atoms with Gasteiger partial charge in [0, 0.05) is 35.8 Å². The molecule has 0 spiro atoms. The number of nitrogens with zero attached hydrogens (tertiary/aromatic N) is 1. The molecule has 0 atom stereocenters. The van der Waals surface area contributed by atoms with E-state index >= 15 is 0 Å². The summed E-state index contributed by atoms with van der Waals surface area (Å²) in [6.07, 6.45) is 2.57. The van der Waals surface area contributed by atoms with Gasteiger partial charge in [0.2, 0.25) is 5.91 Å². The van der Waals surface area contributed by atoms with E-state index in [0.717, 1.165) is 43.7 Å². The predicted octanol–water partition coefficient (Wildman–Crippen LogP) is 3.42. The molecule has 1 amide bonds. The second-order valence-electron chi connectivity index (χ2n) is 6.07. The quantitative estimate of drug-likeness (QED) is 0.827. The van der Waals surface area contributed by atoms with Crippen molar-refractivity contribution in [3.05, 3.63) is 45.6 Å².